The van der Waals surface area contributed by atoms with Crippen molar-refractivity contribution in [2.45, 2.75) is 38.3 Å². The van der Waals surface area contributed by atoms with E-state index in [4.69, 9.17) is 10.5 Å². The second-order valence-corrected chi connectivity index (χ2v) is 4.47. The number of methoxy groups -OCH3 is 1. The van der Waals surface area contributed by atoms with E-state index in [0.29, 0.717) is 6.61 Å². The van der Waals surface area contributed by atoms with E-state index in [2.05, 4.69) is 13.8 Å². The highest BCUT2D eigenvalue weighted by atomic mass is 35.5. The molecule has 1 heterocycles. The summed E-state index contributed by atoms with van der Waals surface area (Å²) in [5.41, 5.74) is 5.67. The molecule has 1 aliphatic heterocycles. The van der Waals surface area contributed by atoms with Crippen molar-refractivity contribution in [1.29, 1.82) is 0 Å². The van der Waals surface area contributed by atoms with Gasteiger partial charge in [0.2, 0.25) is 5.91 Å². The summed E-state index contributed by atoms with van der Waals surface area (Å²) in [6.07, 6.45) is 2.12. The summed E-state index contributed by atoms with van der Waals surface area (Å²) in [6.45, 7) is 5.28. The van der Waals surface area contributed by atoms with Gasteiger partial charge >= 0.3 is 0 Å². The molecule has 0 radical (unpaired) electrons. The van der Waals surface area contributed by atoms with Crippen molar-refractivity contribution in [2.24, 2.45) is 5.73 Å². The summed E-state index contributed by atoms with van der Waals surface area (Å²) in [7, 11) is 1.56. The van der Waals surface area contributed by atoms with Crippen LogP contribution in [0.1, 0.15) is 26.7 Å². The zero-order valence-corrected chi connectivity index (χ0v) is 10.5. The van der Waals surface area contributed by atoms with Crippen molar-refractivity contribution in [3.63, 3.8) is 0 Å². The first-order chi connectivity index (χ1) is 6.49. The van der Waals surface area contributed by atoms with Gasteiger partial charge in [0.15, 0.2) is 0 Å². The molecule has 1 saturated heterocycles. The molecule has 0 aromatic heterocycles. The second-order valence-electron chi connectivity index (χ2n) is 4.47. The standard InChI is InChI=1S/C10H20N2O2.ClH/c1-10(2)5-4-6-12(10)9(13)8(11)7-14-3;/h8H,4-7,11H2,1-3H3;1H. The molecule has 0 aromatic carbocycles. The smallest absolute Gasteiger partial charge is 0.242 e. The minimum absolute atomic E-state index is 0. The fraction of sp³-hybridized carbons (Fsp3) is 0.900. The number of hydrogen-bond acceptors (Lipinski definition) is 3. The summed E-state index contributed by atoms with van der Waals surface area (Å²) < 4.78 is 4.88. The Bertz CT molecular complexity index is 221. The van der Waals surface area contributed by atoms with Gasteiger partial charge in [-0.25, -0.2) is 0 Å². The molecule has 0 bridgehead atoms. The van der Waals surface area contributed by atoms with Gasteiger partial charge < -0.3 is 15.4 Å². The predicted molar refractivity (Wildman–Crippen MR) is 62.1 cm³/mol. The molecule has 1 rings (SSSR count). The SMILES string of the molecule is COCC(N)C(=O)N1CCCC1(C)C.Cl. The highest BCUT2D eigenvalue weighted by Crippen LogP contribution is 2.28. The Morgan fingerprint density at radius 1 is 1.60 bits per heavy atom. The topological polar surface area (TPSA) is 55.6 Å². The minimum Gasteiger partial charge on any atom is -0.383 e. The number of carbonyl (C=O) groups excluding carboxylic acids is 1. The number of carbonyl (C=O) groups is 1. The van der Waals surface area contributed by atoms with Crippen molar-refractivity contribution < 1.29 is 9.53 Å². The fourth-order valence-electron chi connectivity index (χ4n) is 1.97. The van der Waals surface area contributed by atoms with Crippen LogP contribution in [0.25, 0.3) is 0 Å². The van der Waals surface area contributed by atoms with Crippen LogP contribution in [0.5, 0.6) is 0 Å². The van der Waals surface area contributed by atoms with Gasteiger partial charge in [0.1, 0.15) is 6.04 Å². The highest BCUT2D eigenvalue weighted by Gasteiger charge is 2.37. The zero-order valence-electron chi connectivity index (χ0n) is 9.66. The van der Waals surface area contributed by atoms with E-state index in [0.717, 1.165) is 19.4 Å². The Balaban J connectivity index is 0.00000196. The lowest BCUT2D eigenvalue weighted by Gasteiger charge is -2.33. The Hall–Kier alpha value is -0.320. The van der Waals surface area contributed by atoms with Crippen LogP contribution in [-0.4, -0.2) is 42.6 Å². The first kappa shape index (κ1) is 14.7. The highest BCUT2D eigenvalue weighted by molar-refractivity contribution is 5.85. The number of likely N-dealkylation sites (tertiary alicyclic amines) is 1. The van der Waals surface area contributed by atoms with E-state index in [1.165, 1.54) is 0 Å². The molecule has 5 heteroatoms. The van der Waals surface area contributed by atoms with Crippen molar-refractivity contribution in [3.05, 3.63) is 0 Å². The fourth-order valence-corrected chi connectivity index (χ4v) is 1.97. The van der Waals surface area contributed by atoms with Gasteiger partial charge in [-0.3, -0.25) is 4.79 Å². The van der Waals surface area contributed by atoms with Crippen LogP contribution in [0.3, 0.4) is 0 Å². The molecule has 1 fully saturated rings. The van der Waals surface area contributed by atoms with Crippen LogP contribution in [0.15, 0.2) is 0 Å². The van der Waals surface area contributed by atoms with E-state index in [1.807, 2.05) is 4.90 Å². The Labute approximate surface area is 97.5 Å². The zero-order chi connectivity index (χ0) is 10.8. The number of nitrogens with two attached hydrogens (primary N) is 1. The molecule has 1 atom stereocenters. The largest absolute Gasteiger partial charge is 0.383 e. The number of halogens is 1. The van der Waals surface area contributed by atoms with Gasteiger partial charge in [0, 0.05) is 19.2 Å². The molecule has 1 unspecified atom stereocenters. The van der Waals surface area contributed by atoms with E-state index in [-0.39, 0.29) is 23.9 Å². The summed E-state index contributed by atoms with van der Waals surface area (Å²) in [5, 5.41) is 0. The number of hydrogen-bond donors (Lipinski definition) is 1. The maximum absolute atomic E-state index is 11.9. The van der Waals surface area contributed by atoms with E-state index < -0.39 is 6.04 Å². The molecule has 90 valence electrons. The molecular weight excluding hydrogens is 216 g/mol. The van der Waals surface area contributed by atoms with Crippen LogP contribution in [0, 0.1) is 0 Å². The minimum atomic E-state index is -0.516. The molecule has 1 aliphatic rings. The maximum atomic E-state index is 11.9. The summed E-state index contributed by atoms with van der Waals surface area (Å²) in [6, 6.07) is -0.516. The van der Waals surface area contributed by atoms with Crippen LogP contribution < -0.4 is 5.73 Å². The van der Waals surface area contributed by atoms with Crippen molar-refractivity contribution >= 4 is 18.3 Å². The molecule has 0 aromatic rings. The molecule has 0 spiro atoms. The molecule has 2 N–H and O–H groups in total. The van der Waals surface area contributed by atoms with E-state index >= 15 is 0 Å². The van der Waals surface area contributed by atoms with Crippen LogP contribution in [-0.2, 0) is 9.53 Å². The molecule has 15 heavy (non-hydrogen) atoms. The third-order valence-electron chi connectivity index (χ3n) is 2.83. The lowest BCUT2D eigenvalue weighted by atomic mass is 10.0. The molecular formula is C10H21ClN2O2. The van der Waals surface area contributed by atoms with Gasteiger partial charge in [-0.05, 0) is 26.7 Å². The first-order valence-corrected chi connectivity index (χ1v) is 5.05. The lowest BCUT2D eigenvalue weighted by molar-refractivity contribution is -0.136. The van der Waals surface area contributed by atoms with Crippen molar-refractivity contribution in [1.82, 2.24) is 4.90 Å². The Morgan fingerprint density at radius 3 is 2.60 bits per heavy atom. The summed E-state index contributed by atoms with van der Waals surface area (Å²) >= 11 is 0. The van der Waals surface area contributed by atoms with Gasteiger partial charge in [0.05, 0.1) is 6.61 Å². The van der Waals surface area contributed by atoms with Crippen LogP contribution in [0.4, 0.5) is 0 Å². The van der Waals surface area contributed by atoms with Crippen molar-refractivity contribution in [3.8, 4) is 0 Å². The average Bonchev–Trinajstić information content (AvgIpc) is 2.44. The third-order valence-corrected chi connectivity index (χ3v) is 2.83. The second kappa shape index (κ2) is 5.68. The Morgan fingerprint density at radius 2 is 2.20 bits per heavy atom. The third kappa shape index (κ3) is 3.33. The predicted octanol–water partition coefficient (Wildman–Crippen LogP) is 0.783. The van der Waals surface area contributed by atoms with Gasteiger partial charge in [-0.2, -0.15) is 0 Å². The van der Waals surface area contributed by atoms with Gasteiger partial charge in [0.25, 0.3) is 0 Å². The van der Waals surface area contributed by atoms with Crippen LogP contribution in [0.2, 0.25) is 0 Å². The first-order valence-electron chi connectivity index (χ1n) is 5.05. The quantitative estimate of drug-likeness (QED) is 0.788. The summed E-state index contributed by atoms with van der Waals surface area (Å²) in [4.78, 5) is 13.7. The molecule has 0 saturated carbocycles. The lowest BCUT2D eigenvalue weighted by Crippen LogP contribution is -2.51. The van der Waals surface area contributed by atoms with E-state index in [1.54, 1.807) is 7.11 Å². The molecule has 0 aliphatic carbocycles. The maximum Gasteiger partial charge on any atom is 0.242 e. The van der Waals surface area contributed by atoms with E-state index in [9.17, 15) is 4.79 Å². The van der Waals surface area contributed by atoms with Gasteiger partial charge in [-0.1, -0.05) is 0 Å². The number of rotatable bonds is 3. The van der Waals surface area contributed by atoms with Crippen molar-refractivity contribution in [2.75, 3.05) is 20.3 Å². The van der Waals surface area contributed by atoms with Crippen LogP contribution >= 0.6 is 12.4 Å². The number of nitrogens with zero attached hydrogens (tertiary/aromatic N) is 1. The number of ether oxygens (including phenoxy) is 1. The summed E-state index contributed by atoms with van der Waals surface area (Å²) in [5.74, 6) is 0.00866. The number of amides is 1. The monoisotopic (exact) mass is 236 g/mol. The normalized spacial score (nSPS) is 20.9. The Kier molecular flexibility index (Phi) is 5.56. The molecule has 4 nitrogen and oxygen atoms in total. The molecule has 1 amide bonds. The van der Waals surface area contributed by atoms with Gasteiger partial charge in [-0.15, -0.1) is 12.4 Å². The average molecular weight is 237 g/mol.